The monoisotopic (exact) mass is 284 g/mol. The van der Waals surface area contributed by atoms with Gasteiger partial charge >= 0.3 is 10.2 Å². The number of hydrogen-bond acceptors (Lipinski definition) is 3. The number of benzene rings is 1. The van der Waals surface area contributed by atoms with Crippen LogP contribution in [0.3, 0.4) is 0 Å². The standard InChI is InChI=1S/C13H20N2O3S/c1-3-15(13-10-12(16)7-6-11(13)2)19(17,18)14-8-4-5-9-14/h6-7,10,16H,3-5,8-9H2,1-2H3. The summed E-state index contributed by atoms with van der Waals surface area (Å²) in [5, 5.41) is 9.58. The number of aromatic hydroxyl groups is 1. The highest BCUT2D eigenvalue weighted by Crippen LogP contribution is 2.29. The highest BCUT2D eigenvalue weighted by atomic mass is 32.2. The second kappa shape index (κ2) is 5.38. The molecule has 1 fully saturated rings. The van der Waals surface area contributed by atoms with Gasteiger partial charge in [0.2, 0.25) is 0 Å². The predicted octanol–water partition coefficient (Wildman–Crippen LogP) is 1.87. The average Bonchev–Trinajstić information content (AvgIpc) is 2.88. The SMILES string of the molecule is CCN(c1cc(O)ccc1C)S(=O)(=O)N1CCCC1. The number of rotatable bonds is 4. The van der Waals surface area contributed by atoms with Gasteiger partial charge in [-0.1, -0.05) is 6.07 Å². The topological polar surface area (TPSA) is 60.9 Å². The van der Waals surface area contributed by atoms with E-state index >= 15 is 0 Å². The number of nitrogens with zero attached hydrogens (tertiary/aromatic N) is 2. The molecule has 0 aromatic heterocycles. The molecule has 1 N–H and O–H groups in total. The number of aryl methyl sites for hydroxylation is 1. The Hall–Kier alpha value is -1.27. The highest BCUT2D eigenvalue weighted by Gasteiger charge is 2.31. The van der Waals surface area contributed by atoms with Crippen molar-refractivity contribution >= 4 is 15.9 Å². The van der Waals surface area contributed by atoms with Crippen LogP contribution in [0.1, 0.15) is 25.3 Å². The van der Waals surface area contributed by atoms with Crippen molar-refractivity contribution in [3.8, 4) is 5.75 Å². The smallest absolute Gasteiger partial charge is 0.304 e. The van der Waals surface area contributed by atoms with Crippen LogP contribution in [-0.4, -0.2) is 37.5 Å². The van der Waals surface area contributed by atoms with Gasteiger partial charge in [0.15, 0.2) is 0 Å². The van der Waals surface area contributed by atoms with Crippen molar-refractivity contribution in [2.75, 3.05) is 23.9 Å². The Morgan fingerprint density at radius 1 is 1.32 bits per heavy atom. The number of hydrogen-bond donors (Lipinski definition) is 1. The Balaban J connectivity index is 2.41. The van der Waals surface area contributed by atoms with E-state index in [0.29, 0.717) is 25.3 Å². The highest BCUT2D eigenvalue weighted by molar-refractivity contribution is 7.90. The molecule has 0 saturated carbocycles. The summed E-state index contributed by atoms with van der Waals surface area (Å²) in [6.45, 7) is 5.16. The first-order chi connectivity index (χ1) is 8.96. The van der Waals surface area contributed by atoms with E-state index in [4.69, 9.17) is 0 Å². The van der Waals surface area contributed by atoms with Gasteiger partial charge in [-0.3, -0.25) is 4.31 Å². The lowest BCUT2D eigenvalue weighted by molar-refractivity contribution is 0.471. The van der Waals surface area contributed by atoms with Crippen LogP contribution in [-0.2, 0) is 10.2 Å². The second-order valence-corrected chi connectivity index (χ2v) is 6.60. The largest absolute Gasteiger partial charge is 0.508 e. The fourth-order valence-corrected chi connectivity index (χ4v) is 4.15. The van der Waals surface area contributed by atoms with Crippen LogP contribution in [0.25, 0.3) is 0 Å². The summed E-state index contributed by atoms with van der Waals surface area (Å²) >= 11 is 0. The van der Waals surface area contributed by atoms with Crippen LogP contribution >= 0.6 is 0 Å². The molecule has 6 heteroatoms. The zero-order valence-electron chi connectivity index (χ0n) is 11.3. The van der Waals surface area contributed by atoms with Crippen molar-refractivity contribution in [2.24, 2.45) is 0 Å². The Bertz CT molecular complexity index is 551. The van der Waals surface area contributed by atoms with Gasteiger partial charge in [-0.25, -0.2) is 0 Å². The normalized spacial score (nSPS) is 16.7. The first-order valence-corrected chi connectivity index (χ1v) is 7.94. The maximum Gasteiger partial charge on any atom is 0.304 e. The van der Waals surface area contributed by atoms with Gasteiger partial charge in [0.05, 0.1) is 5.69 Å². The number of phenols is 1. The van der Waals surface area contributed by atoms with Gasteiger partial charge in [-0.05, 0) is 38.3 Å². The summed E-state index contributed by atoms with van der Waals surface area (Å²) in [6, 6.07) is 4.80. The van der Waals surface area contributed by atoms with Crippen LogP contribution in [0, 0.1) is 6.92 Å². The van der Waals surface area contributed by atoms with Crippen LogP contribution in [0.2, 0.25) is 0 Å². The molecule has 106 valence electrons. The van der Waals surface area contributed by atoms with E-state index in [-0.39, 0.29) is 5.75 Å². The maximum atomic E-state index is 12.6. The molecule has 2 rings (SSSR count). The Morgan fingerprint density at radius 3 is 2.53 bits per heavy atom. The summed E-state index contributed by atoms with van der Waals surface area (Å²) in [6.07, 6.45) is 1.83. The van der Waals surface area contributed by atoms with Crippen LogP contribution in [0.4, 0.5) is 5.69 Å². The average molecular weight is 284 g/mol. The van der Waals surface area contributed by atoms with Crippen molar-refractivity contribution in [3.05, 3.63) is 23.8 Å². The van der Waals surface area contributed by atoms with Crippen molar-refractivity contribution in [1.29, 1.82) is 0 Å². The van der Waals surface area contributed by atoms with Gasteiger partial charge in [0.1, 0.15) is 5.75 Å². The molecule has 1 saturated heterocycles. The van der Waals surface area contributed by atoms with E-state index in [1.54, 1.807) is 19.1 Å². The van der Waals surface area contributed by atoms with Crippen molar-refractivity contribution < 1.29 is 13.5 Å². The van der Waals surface area contributed by atoms with Gasteiger partial charge in [0.25, 0.3) is 0 Å². The zero-order valence-corrected chi connectivity index (χ0v) is 12.2. The third-order valence-electron chi connectivity index (χ3n) is 3.42. The van der Waals surface area contributed by atoms with E-state index < -0.39 is 10.2 Å². The first-order valence-electron chi connectivity index (χ1n) is 6.54. The van der Waals surface area contributed by atoms with Gasteiger partial charge in [-0.2, -0.15) is 12.7 Å². The summed E-state index contributed by atoms with van der Waals surface area (Å²) in [4.78, 5) is 0. The van der Waals surface area contributed by atoms with Crippen molar-refractivity contribution in [2.45, 2.75) is 26.7 Å². The lowest BCUT2D eigenvalue weighted by Crippen LogP contribution is -2.42. The van der Waals surface area contributed by atoms with E-state index in [1.165, 1.54) is 14.7 Å². The third kappa shape index (κ3) is 2.69. The lowest BCUT2D eigenvalue weighted by Gasteiger charge is -2.29. The summed E-state index contributed by atoms with van der Waals surface area (Å²) in [5.41, 5.74) is 1.39. The molecular weight excluding hydrogens is 264 g/mol. The first kappa shape index (κ1) is 14.1. The number of phenolic OH excluding ortho intramolecular Hbond substituents is 1. The lowest BCUT2D eigenvalue weighted by atomic mass is 10.2. The van der Waals surface area contributed by atoms with E-state index in [0.717, 1.165) is 18.4 Å². The predicted molar refractivity (Wildman–Crippen MR) is 75.6 cm³/mol. The molecular formula is C13H20N2O3S. The second-order valence-electron chi connectivity index (χ2n) is 4.75. The summed E-state index contributed by atoms with van der Waals surface area (Å²) in [5.74, 6) is 0.0793. The molecule has 0 amide bonds. The van der Waals surface area contributed by atoms with E-state index in [1.807, 2.05) is 6.92 Å². The van der Waals surface area contributed by atoms with Crippen molar-refractivity contribution in [1.82, 2.24) is 4.31 Å². The minimum absolute atomic E-state index is 0.0793. The maximum absolute atomic E-state index is 12.6. The molecule has 19 heavy (non-hydrogen) atoms. The van der Waals surface area contributed by atoms with E-state index in [9.17, 15) is 13.5 Å². The molecule has 5 nitrogen and oxygen atoms in total. The molecule has 0 atom stereocenters. The molecule has 0 aliphatic carbocycles. The molecule has 0 bridgehead atoms. The van der Waals surface area contributed by atoms with Crippen LogP contribution in [0.5, 0.6) is 5.75 Å². The minimum Gasteiger partial charge on any atom is -0.508 e. The quantitative estimate of drug-likeness (QED) is 0.918. The molecule has 1 heterocycles. The number of anilines is 1. The van der Waals surface area contributed by atoms with Gasteiger partial charge in [0, 0.05) is 25.7 Å². The fourth-order valence-electron chi connectivity index (χ4n) is 2.38. The Kier molecular flexibility index (Phi) is 4.01. The molecule has 1 aromatic rings. The van der Waals surface area contributed by atoms with E-state index in [2.05, 4.69) is 0 Å². The molecule has 1 aliphatic rings. The Morgan fingerprint density at radius 2 is 1.95 bits per heavy atom. The molecule has 1 aromatic carbocycles. The zero-order chi connectivity index (χ0) is 14.0. The third-order valence-corrected chi connectivity index (χ3v) is 5.45. The molecule has 0 unspecified atom stereocenters. The van der Waals surface area contributed by atoms with Gasteiger partial charge in [-0.15, -0.1) is 0 Å². The van der Waals surface area contributed by atoms with Crippen molar-refractivity contribution in [3.63, 3.8) is 0 Å². The molecule has 0 spiro atoms. The minimum atomic E-state index is -3.49. The summed E-state index contributed by atoms with van der Waals surface area (Å²) in [7, 11) is -3.49. The summed E-state index contributed by atoms with van der Waals surface area (Å²) < 4.78 is 28.1. The fraction of sp³-hybridized carbons (Fsp3) is 0.538. The Labute approximate surface area is 114 Å². The van der Waals surface area contributed by atoms with Gasteiger partial charge < -0.3 is 5.11 Å². The molecule has 1 aliphatic heterocycles. The van der Waals surface area contributed by atoms with Crippen LogP contribution < -0.4 is 4.31 Å². The molecule has 0 radical (unpaired) electrons. The van der Waals surface area contributed by atoms with Crippen LogP contribution in [0.15, 0.2) is 18.2 Å².